The molecule has 1 unspecified atom stereocenters. The minimum absolute atomic E-state index is 0.0882. The van der Waals surface area contributed by atoms with Crippen molar-refractivity contribution in [1.29, 1.82) is 0 Å². The van der Waals surface area contributed by atoms with Gasteiger partial charge in [0.05, 0.1) is 6.61 Å². The molecule has 1 aromatic rings. The van der Waals surface area contributed by atoms with E-state index in [-0.39, 0.29) is 30.4 Å². The maximum absolute atomic E-state index is 12.0. The first-order valence-corrected chi connectivity index (χ1v) is 6.63. The SMILES string of the molecule is O=C1CC[C@@H](C2COc3ccc4c(c32)OCO4)C(=O)N1. The Morgan fingerprint density at radius 1 is 1.05 bits per heavy atom. The average molecular weight is 275 g/mol. The van der Waals surface area contributed by atoms with Crippen molar-refractivity contribution < 1.29 is 23.8 Å². The first-order chi connectivity index (χ1) is 9.74. The fourth-order valence-corrected chi connectivity index (χ4v) is 3.13. The highest BCUT2D eigenvalue weighted by molar-refractivity contribution is 5.99. The first kappa shape index (κ1) is 11.6. The lowest BCUT2D eigenvalue weighted by atomic mass is 9.81. The van der Waals surface area contributed by atoms with Crippen LogP contribution in [0.5, 0.6) is 17.2 Å². The Hall–Kier alpha value is -2.24. The number of rotatable bonds is 1. The van der Waals surface area contributed by atoms with E-state index in [0.29, 0.717) is 30.9 Å². The van der Waals surface area contributed by atoms with E-state index in [2.05, 4.69) is 5.32 Å². The number of nitrogens with one attached hydrogen (secondary N) is 1. The quantitative estimate of drug-likeness (QED) is 0.772. The Morgan fingerprint density at radius 3 is 2.75 bits per heavy atom. The lowest BCUT2D eigenvalue weighted by Crippen LogP contribution is -2.43. The third-order valence-electron chi connectivity index (χ3n) is 4.09. The highest BCUT2D eigenvalue weighted by atomic mass is 16.7. The molecule has 104 valence electrons. The fraction of sp³-hybridized carbons (Fsp3) is 0.429. The number of carbonyl (C=O) groups is 2. The molecule has 3 aliphatic rings. The van der Waals surface area contributed by atoms with E-state index >= 15 is 0 Å². The summed E-state index contributed by atoms with van der Waals surface area (Å²) in [6, 6.07) is 3.66. The molecule has 2 amide bonds. The van der Waals surface area contributed by atoms with Gasteiger partial charge < -0.3 is 14.2 Å². The average Bonchev–Trinajstić information content (AvgIpc) is 3.03. The van der Waals surface area contributed by atoms with Crippen molar-refractivity contribution in [1.82, 2.24) is 5.32 Å². The molecule has 0 saturated carbocycles. The predicted molar refractivity (Wildman–Crippen MR) is 66.7 cm³/mol. The van der Waals surface area contributed by atoms with Gasteiger partial charge in [-0.05, 0) is 18.6 Å². The van der Waals surface area contributed by atoms with E-state index in [0.717, 1.165) is 11.3 Å². The third-order valence-corrected chi connectivity index (χ3v) is 4.09. The molecule has 2 atom stereocenters. The Labute approximate surface area is 115 Å². The van der Waals surface area contributed by atoms with E-state index in [1.807, 2.05) is 12.1 Å². The second kappa shape index (κ2) is 4.13. The minimum atomic E-state index is -0.260. The van der Waals surface area contributed by atoms with Crippen molar-refractivity contribution >= 4 is 11.8 Å². The van der Waals surface area contributed by atoms with Crippen LogP contribution in [0.4, 0.5) is 0 Å². The van der Waals surface area contributed by atoms with E-state index < -0.39 is 0 Å². The summed E-state index contributed by atoms with van der Waals surface area (Å²) >= 11 is 0. The summed E-state index contributed by atoms with van der Waals surface area (Å²) in [5.41, 5.74) is 0.898. The van der Waals surface area contributed by atoms with Crippen LogP contribution in [0.15, 0.2) is 12.1 Å². The zero-order chi connectivity index (χ0) is 13.7. The Kier molecular flexibility index (Phi) is 2.39. The van der Waals surface area contributed by atoms with E-state index in [4.69, 9.17) is 14.2 Å². The molecular weight excluding hydrogens is 262 g/mol. The summed E-state index contributed by atoms with van der Waals surface area (Å²) in [5.74, 6) is 1.33. The van der Waals surface area contributed by atoms with Gasteiger partial charge in [-0.2, -0.15) is 0 Å². The van der Waals surface area contributed by atoms with E-state index in [1.165, 1.54) is 0 Å². The molecule has 0 spiro atoms. The van der Waals surface area contributed by atoms with Gasteiger partial charge in [0.15, 0.2) is 11.5 Å². The molecule has 0 bridgehead atoms. The van der Waals surface area contributed by atoms with Crippen LogP contribution in [0.2, 0.25) is 0 Å². The number of amides is 2. The second-order valence-electron chi connectivity index (χ2n) is 5.19. The summed E-state index contributed by atoms with van der Waals surface area (Å²) in [5, 5.41) is 2.40. The van der Waals surface area contributed by atoms with Crippen LogP contribution in [0.1, 0.15) is 24.3 Å². The molecule has 4 rings (SSSR count). The van der Waals surface area contributed by atoms with Crippen molar-refractivity contribution in [3.63, 3.8) is 0 Å². The van der Waals surface area contributed by atoms with Crippen LogP contribution >= 0.6 is 0 Å². The minimum Gasteiger partial charge on any atom is -0.492 e. The van der Waals surface area contributed by atoms with Crippen LogP contribution in [-0.4, -0.2) is 25.2 Å². The summed E-state index contributed by atoms with van der Waals surface area (Å²) in [7, 11) is 0. The normalized spacial score (nSPS) is 27.0. The van der Waals surface area contributed by atoms with Gasteiger partial charge in [0.2, 0.25) is 18.6 Å². The maximum Gasteiger partial charge on any atom is 0.231 e. The number of fused-ring (bicyclic) bond motifs is 3. The number of imide groups is 1. The monoisotopic (exact) mass is 275 g/mol. The summed E-state index contributed by atoms with van der Waals surface area (Å²) in [4.78, 5) is 23.3. The van der Waals surface area contributed by atoms with Gasteiger partial charge in [-0.3, -0.25) is 14.9 Å². The number of piperidine rings is 1. The highest BCUT2D eigenvalue weighted by Gasteiger charge is 2.42. The zero-order valence-corrected chi connectivity index (χ0v) is 10.7. The number of hydrogen-bond acceptors (Lipinski definition) is 5. The lowest BCUT2D eigenvalue weighted by molar-refractivity contribution is -0.137. The van der Waals surface area contributed by atoms with Crippen molar-refractivity contribution in [3.05, 3.63) is 17.7 Å². The number of carbonyl (C=O) groups excluding carboxylic acids is 2. The molecule has 6 nitrogen and oxygen atoms in total. The Bertz CT molecular complexity index is 612. The Morgan fingerprint density at radius 2 is 1.90 bits per heavy atom. The summed E-state index contributed by atoms with van der Waals surface area (Å²) < 4.78 is 16.6. The van der Waals surface area contributed by atoms with Crippen molar-refractivity contribution in [2.75, 3.05) is 13.4 Å². The molecule has 1 fully saturated rings. The number of benzene rings is 1. The molecule has 0 aromatic heterocycles. The molecule has 1 N–H and O–H groups in total. The summed E-state index contributed by atoms with van der Waals surface area (Å²) in [6.45, 7) is 0.620. The molecule has 0 radical (unpaired) electrons. The molecule has 1 aromatic carbocycles. The molecule has 1 saturated heterocycles. The lowest BCUT2D eigenvalue weighted by Gasteiger charge is -2.25. The fourth-order valence-electron chi connectivity index (χ4n) is 3.13. The van der Waals surface area contributed by atoms with Gasteiger partial charge in [0.25, 0.3) is 0 Å². The smallest absolute Gasteiger partial charge is 0.231 e. The first-order valence-electron chi connectivity index (χ1n) is 6.63. The van der Waals surface area contributed by atoms with Gasteiger partial charge in [-0.15, -0.1) is 0 Å². The number of ether oxygens (including phenoxy) is 3. The summed E-state index contributed by atoms with van der Waals surface area (Å²) in [6.07, 6.45) is 0.914. The zero-order valence-electron chi connectivity index (χ0n) is 10.7. The van der Waals surface area contributed by atoms with E-state index in [1.54, 1.807) is 0 Å². The van der Waals surface area contributed by atoms with Crippen LogP contribution < -0.4 is 19.5 Å². The molecule has 20 heavy (non-hydrogen) atoms. The van der Waals surface area contributed by atoms with Gasteiger partial charge in [-0.1, -0.05) is 0 Å². The molecule has 6 heteroatoms. The number of hydrogen-bond donors (Lipinski definition) is 1. The molecule has 0 aliphatic carbocycles. The molecular formula is C14H13NO5. The van der Waals surface area contributed by atoms with Crippen LogP contribution in [0, 0.1) is 5.92 Å². The van der Waals surface area contributed by atoms with Crippen LogP contribution in [-0.2, 0) is 9.59 Å². The van der Waals surface area contributed by atoms with E-state index in [9.17, 15) is 9.59 Å². The molecule has 3 heterocycles. The van der Waals surface area contributed by atoms with Crippen molar-refractivity contribution in [2.45, 2.75) is 18.8 Å². The topological polar surface area (TPSA) is 73.9 Å². The van der Waals surface area contributed by atoms with Gasteiger partial charge in [0.1, 0.15) is 5.75 Å². The largest absolute Gasteiger partial charge is 0.492 e. The second-order valence-corrected chi connectivity index (χ2v) is 5.19. The van der Waals surface area contributed by atoms with Crippen LogP contribution in [0.3, 0.4) is 0 Å². The van der Waals surface area contributed by atoms with Gasteiger partial charge >= 0.3 is 0 Å². The van der Waals surface area contributed by atoms with Gasteiger partial charge in [0, 0.05) is 23.8 Å². The highest BCUT2D eigenvalue weighted by Crippen LogP contribution is 2.50. The van der Waals surface area contributed by atoms with Crippen molar-refractivity contribution in [2.24, 2.45) is 5.92 Å². The predicted octanol–water partition coefficient (Wildman–Crippen LogP) is 0.944. The standard InChI is InChI=1S/C14H13NO5/c16-11-4-1-7(14(17)15-11)8-5-18-9-2-3-10-13(12(8)9)20-6-19-10/h2-3,7-8H,1,4-6H2,(H,15,16,17)/t7-,8?/m0/s1. The Balaban J connectivity index is 1.72. The van der Waals surface area contributed by atoms with Gasteiger partial charge in [-0.25, -0.2) is 0 Å². The van der Waals surface area contributed by atoms with Crippen molar-refractivity contribution in [3.8, 4) is 17.2 Å². The van der Waals surface area contributed by atoms with Crippen LogP contribution in [0.25, 0.3) is 0 Å². The maximum atomic E-state index is 12.0. The molecule has 3 aliphatic heterocycles. The third kappa shape index (κ3) is 1.57.